The zero-order valence-corrected chi connectivity index (χ0v) is 20.0. The minimum Gasteiger partial charge on any atom is -0.495 e. The molecule has 3 aliphatic rings. The average Bonchev–Trinajstić information content (AvgIpc) is 3.32. The maximum atomic E-state index is 14.6. The van der Waals surface area contributed by atoms with Gasteiger partial charge >= 0.3 is 0 Å². The number of aryl methyl sites for hydroxylation is 1. The number of rotatable bonds is 6. The van der Waals surface area contributed by atoms with Gasteiger partial charge in [0.1, 0.15) is 16.5 Å². The van der Waals surface area contributed by atoms with Crippen molar-refractivity contribution in [3.63, 3.8) is 0 Å². The van der Waals surface area contributed by atoms with Crippen molar-refractivity contribution in [3.05, 3.63) is 47.8 Å². The number of fused-ring (bicyclic) bond motifs is 1. The van der Waals surface area contributed by atoms with Crippen LogP contribution >= 0.6 is 0 Å². The van der Waals surface area contributed by atoms with E-state index in [9.17, 15) is 17.6 Å². The van der Waals surface area contributed by atoms with Crippen molar-refractivity contribution in [3.8, 4) is 5.75 Å². The molecule has 34 heavy (non-hydrogen) atoms. The van der Waals surface area contributed by atoms with E-state index in [-0.39, 0.29) is 47.5 Å². The Labute approximate surface area is 198 Å². The summed E-state index contributed by atoms with van der Waals surface area (Å²) < 4.78 is 53.0. The van der Waals surface area contributed by atoms with Crippen molar-refractivity contribution in [2.24, 2.45) is 17.8 Å². The van der Waals surface area contributed by atoms with Gasteiger partial charge in [0.25, 0.3) is 0 Å². The number of benzene rings is 2. The van der Waals surface area contributed by atoms with Gasteiger partial charge in [-0.25, -0.2) is 12.8 Å². The first kappa shape index (κ1) is 23.1. The summed E-state index contributed by atoms with van der Waals surface area (Å²) in [6.07, 6.45) is 0. The molecule has 0 radical (unpaired) electrons. The van der Waals surface area contributed by atoms with Crippen LogP contribution in [-0.2, 0) is 19.6 Å². The van der Waals surface area contributed by atoms with E-state index in [1.54, 1.807) is 30.3 Å². The number of amides is 1. The lowest BCUT2D eigenvalue weighted by atomic mass is 10.2. The van der Waals surface area contributed by atoms with Crippen LogP contribution in [0, 0.1) is 30.5 Å². The highest BCUT2D eigenvalue weighted by molar-refractivity contribution is 7.89. The number of nitrogens with zero attached hydrogens (tertiary/aromatic N) is 2. The Morgan fingerprint density at radius 2 is 1.82 bits per heavy atom. The number of morpholine rings is 1. The number of sulfonamides is 1. The van der Waals surface area contributed by atoms with Gasteiger partial charge in [-0.3, -0.25) is 4.79 Å². The fourth-order valence-corrected chi connectivity index (χ4v) is 6.72. The number of carbonyl (C=O) groups is 1. The van der Waals surface area contributed by atoms with E-state index in [0.29, 0.717) is 43.4 Å². The minimum absolute atomic E-state index is 0.0383. The lowest BCUT2D eigenvalue weighted by Gasteiger charge is -2.29. The number of methoxy groups -OCH3 is 1. The lowest BCUT2D eigenvalue weighted by molar-refractivity contribution is -0.118. The number of ether oxygens (including phenoxy) is 2. The third-order valence-corrected chi connectivity index (χ3v) is 8.84. The number of hydrogen-bond acceptors (Lipinski definition) is 6. The lowest BCUT2D eigenvalue weighted by Crippen LogP contribution is -2.36. The van der Waals surface area contributed by atoms with Crippen LogP contribution < -0.4 is 15.0 Å². The van der Waals surface area contributed by atoms with Crippen molar-refractivity contribution in [1.29, 1.82) is 0 Å². The van der Waals surface area contributed by atoms with Gasteiger partial charge in [-0.2, -0.15) is 4.31 Å². The highest BCUT2D eigenvalue weighted by Gasteiger charge is 2.61. The van der Waals surface area contributed by atoms with E-state index in [2.05, 4.69) is 5.32 Å². The Bertz CT molecular complexity index is 1200. The molecule has 2 saturated heterocycles. The van der Waals surface area contributed by atoms with Gasteiger partial charge in [-0.1, -0.05) is 6.07 Å². The summed E-state index contributed by atoms with van der Waals surface area (Å²) in [6.45, 7) is 4.82. The molecule has 2 aliphatic heterocycles. The van der Waals surface area contributed by atoms with Crippen molar-refractivity contribution in [2.75, 3.05) is 56.7 Å². The molecule has 1 N–H and O–H groups in total. The molecule has 2 atom stereocenters. The van der Waals surface area contributed by atoms with Crippen LogP contribution in [0.2, 0.25) is 0 Å². The fourth-order valence-electron chi connectivity index (χ4n) is 5.07. The van der Waals surface area contributed by atoms with Crippen molar-refractivity contribution in [2.45, 2.75) is 11.8 Å². The first-order valence-electron chi connectivity index (χ1n) is 11.4. The normalized spacial score (nSPS) is 24.6. The Hall–Kier alpha value is -2.69. The third-order valence-electron chi connectivity index (χ3n) is 6.97. The van der Waals surface area contributed by atoms with Gasteiger partial charge in [0.2, 0.25) is 15.9 Å². The molecule has 0 spiro atoms. The van der Waals surface area contributed by atoms with E-state index < -0.39 is 10.0 Å². The largest absolute Gasteiger partial charge is 0.495 e. The second-order valence-corrected chi connectivity index (χ2v) is 11.0. The molecular formula is C24H28FN3O5S. The van der Waals surface area contributed by atoms with Gasteiger partial charge in [0.05, 0.1) is 26.0 Å². The molecule has 8 nitrogen and oxygen atoms in total. The number of hydrogen-bond donors (Lipinski definition) is 1. The average molecular weight is 490 g/mol. The molecule has 2 aromatic carbocycles. The molecule has 0 bridgehead atoms. The summed E-state index contributed by atoms with van der Waals surface area (Å²) in [7, 11) is -2.27. The second-order valence-electron chi connectivity index (χ2n) is 9.08. The molecule has 1 amide bonds. The molecule has 0 aromatic heterocycles. The monoisotopic (exact) mass is 489 g/mol. The summed E-state index contributed by atoms with van der Waals surface area (Å²) in [5, 5.41) is 2.80. The van der Waals surface area contributed by atoms with Crippen molar-refractivity contribution < 1.29 is 27.1 Å². The van der Waals surface area contributed by atoms with E-state index in [0.717, 1.165) is 5.56 Å². The molecule has 5 rings (SSSR count). The van der Waals surface area contributed by atoms with Gasteiger partial charge in [0, 0.05) is 37.8 Å². The number of piperidine rings is 1. The minimum atomic E-state index is -3.72. The maximum Gasteiger partial charge on any atom is 0.246 e. The molecule has 1 saturated carbocycles. The Kier molecular flexibility index (Phi) is 5.99. The summed E-state index contributed by atoms with van der Waals surface area (Å²) in [6, 6.07) is 9.71. The fraction of sp³-hybridized carbons (Fsp3) is 0.458. The molecule has 2 aromatic rings. The summed E-state index contributed by atoms with van der Waals surface area (Å²) in [4.78, 5) is 14.9. The van der Waals surface area contributed by atoms with Crippen LogP contribution in [0.15, 0.2) is 41.3 Å². The Morgan fingerprint density at radius 3 is 2.47 bits per heavy atom. The smallest absolute Gasteiger partial charge is 0.246 e. The molecule has 1 aliphatic carbocycles. The first-order valence-corrected chi connectivity index (χ1v) is 12.8. The Balaban J connectivity index is 1.21. The van der Waals surface area contributed by atoms with E-state index in [1.165, 1.54) is 17.5 Å². The molecule has 10 heteroatoms. The predicted octanol–water partition coefficient (Wildman–Crippen LogP) is 2.48. The maximum absolute atomic E-state index is 14.6. The van der Waals surface area contributed by atoms with Crippen LogP contribution in [0.3, 0.4) is 0 Å². The van der Waals surface area contributed by atoms with Crippen LogP contribution in [0.4, 0.5) is 15.8 Å². The highest BCUT2D eigenvalue weighted by atomic mass is 32.2. The van der Waals surface area contributed by atoms with Gasteiger partial charge in [-0.15, -0.1) is 0 Å². The number of carbonyl (C=O) groups excluding carboxylic acids is 1. The second kappa shape index (κ2) is 8.83. The number of halogens is 1. The highest BCUT2D eigenvalue weighted by Crippen LogP contribution is 2.53. The molecular weight excluding hydrogens is 461 g/mol. The van der Waals surface area contributed by atoms with Crippen molar-refractivity contribution in [1.82, 2.24) is 4.31 Å². The molecule has 2 heterocycles. The van der Waals surface area contributed by atoms with Crippen LogP contribution in [0.1, 0.15) is 5.56 Å². The predicted molar refractivity (Wildman–Crippen MR) is 125 cm³/mol. The van der Waals surface area contributed by atoms with Crippen LogP contribution in [0.5, 0.6) is 5.75 Å². The van der Waals surface area contributed by atoms with Crippen LogP contribution in [0.25, 0.3) is 0 Å². The zero-order chi connectivity index (χ0) is 24.0. The van der Waals surface area contributed by atoms with Crippen LogP contribution in [-0.4, -0.2) is 65.1 Å². The Morgan fingerprint density at radius 1 is 1.12 bits per heavy atom. The SMILES string of the molecule is COc1cc(C)ccc1S(=O)(=O)N1CC2C(C1)C2C(=O)Nc1ccc(N2CCOCC2)c(F)c1. The quantitative estimate of drug-likeness (QED) is 0.671. The van der Waals surface area contributed by atoms with Gasteiger partial charge < -0.3 is 19.7 Å². The van der Waals surface area contributed by atoms with E-state index in [1.807, 2.05) is 11.8 Å². The summed E-state index contributed by atoms with van der Waals surface area (Å²) in [5.41, 5.74) is 1.81. The number of nitrogens with one attached hydrogen (secondary N) is 1. The molecule has 182 valence electrons. The molecule has 2 unspecified atom stereocenters. The third kappa shape index (κ3) is 4.14. The van der Waals surface area contributed by atoms with E-state index >= 15 is 0 Å². The zero-order valence-electron chi connectivity index (χ0n) is 19.2. The summed E-state index contributed by atoms with van der Waals surface area (Å²) >= 11 is 0. The van der Waals surface area contributed by atoms with Gasteiger partial charge in [-0.05, 0) is 54.7 Å². The number of anilines is 2. The first-order chi connectivity index (χ1) is 16.3. The van der Waals surface area contributed by atoms with Gasteiger partial charge in [0.15, 0.2) is 0 Å². The summed E-state index contributed by atoms with van der Waals surface area (Å²) in [5.74, 6) is -0.614. The van der Waals surface area contributed by atoms with E-state index in [4.69, 9.17) is 9.47 Å². The standard InChI is InChI=1S/C24H28FN3O5S/c1-15-3-6-22(21(11-15)32-2)34(30,31)28-13-17-18(14-28)23(17)24(29)26-16-4-5-20(19(25)12-16)27-7-9-33-10-8-27/h3-6,11-12,17-18,23H,7-10,13-14H2,1-2H3,(H,26,29). The molecule has 3 fully saturated rings. The topological polar surface area (TPSA) is 88.2 Å². The van der Waals surface area contributed by atoms with Crippen molar-refractivity contribution >= 4 is 27.3 Å².